The molecule has 2 fully saturated rings. The molecule has 0 radical (unpaired) electrons. The first-order valence-corrected chi connectivity index (χ1v) is 7.79. The topological polar surface area (TPSA) is 60.9 Å². The zero-order valence-electron chi connectivity index (χ0n) is 12.9. The second kappa shape index (κ2) is 5.72. The van der Waals surface area contributed by atoms with Gasteiger partial charge in [-0.1, -0.05) is 30.3 Å². The van der Waals surface area contributed by atoms with E-state index in [1.807, 2.05) is 35.0 Å². The van der Waals surface area contributed by atoms with E-state index in [9.17, 15) is 9.59 Å². The van der Waals surface area contributed by atoms with Gasteiger partial charge in [0.05, 0.1) is 12.1 Å². The Morgan fingerprint density at radius 3 is 2.50 bits per heavy atom. The van der Waals surface area contributed by atoms with Crippen molar-refractivity contribution in [2.24, 2.45) is 0 Å². The molecule has 0 bridgehead atoms. The van der Waals surface area contributed by atoms with E-state index in [0.717, 1.165) is 25.9 Å². The fourth-order valence-corrected chi connectivity index (χ4v) is 4.07. The van der Waals surface area contributed by atoms with Gasteiger partial charge in [0.15, 0.2) is 0 Å². The molecule has 1 amide bonds. The maximum absolute atomic E-state index is 12.3. The minimum Gasteiger partial charge on any atom is -0.480 e. The number of rotatable bonds is 3. The molecule has 5 heteroatoms. The van der Waals surface area contributed by atoms with Crippen molar-refractivity contribution in [3.63, 3.8) is 0 Å². The van der Waals surface area contributed by atoms with Crippen LogP contribution in [0.15, 0.2) is 30.3 Å². The minimum absolute atomic E-state index is 0.0870. The Morgan fingerprint density at radius 2 is 1.91 bits per heavy atom. The Hall–Kier alpha value is -1.88. The fourth-order valence-electron chi connectivity index (χ4n) is 4.07. The Bertz CT molecular complexity index is 565. The number of nitrogens with zero attached hydrogens (tertiary/aromatic N) is 2. The number of piperidine rings is 1. The summed E-state index contributed by atoms with van der Waals surface area (Å²) in [7, 11) is 1.90. The second-order valence-electron chi connectivity index (χ2n) is 6.39. The van der Waals surface area contributed by atoms with Gasteiger partial charge < -0.3 is 10.0 Å². The molecular formula is C17H22N2O3. The van der Waals surface area contributed by atoms with Crippen LogP contribution in [0, 0.1) is 0 Å². The minimum atomic E-state index is -0.786. The van der Waals surface area contributed by atoms with Crippen LogP contribution in [-0.2, 0) is 9.59 Å². The molecule has 22 heavy (non-hydrogen) atoms. The SMILES string of the molecule is CN1C(=O)CC(c2ccccc2)C12CCN(CC(=O)O)CC2. The molecular weight excluding hydrogens is 280 g/mol. The summed E-state index contributed by atoms with van der Waals surface area (Å²) in [5.41, 5.74) is 1.06. The van der Waals surface area contributed by atoms with Crippen LogP contribution < -0.4 is 0 Å². The van der Waals surface area contributed by atoms with Crippen LogP contribution in [0.25, 0.3) is 0 Å². The molecule has 1 aromatic carbocycles. The van der Waals surface area contributed by atoms with Gasteiger partial charge in [0, 0.05) is 32.5 Å². The highest BCUT2D eigenvalue weighted by molar-refractivity contribution is 5.81. The number of likely N-dealkylation sites (tertiary alicyclic amines) is 2. The lowest BCUT2D eigenvalue weighted by Gasteiger charge is -2.46. The number of aliphatic carboxylic acids is 1. The number of amides is 1. The maximum Gasteiger partial charge on any atom is 0.317 e. The molecule has 0 aliphatic carbocycles. The summed E-state index contributed by atoms with van der Waals surface area (Å²) < 4.78 is 0. The van der Waals surface area contributed by atoms with Crippen LogP contribution in [0.2, 0.25) is 0 Å². The van der Waals surface area contributed by atoms with E-state index in [-0.39, 0.29) is 23.9 Å². The van der Waals surface area contributed by atoms with Gasteiger partial charge in [-0.25, -0.2) is 0 Å². The number of carboxylic acids is 1. The number of hydrogen-bond acceptors (Lipinski definition) is 3. The Kier molecular flexibility index (Phi) is 3.91. The molecule has 3 rings (SSSR count). The van der Waals surface area contributed by atoms with Gasteiger partial charge in [-0.05, 0) is 18.4 Å². The van der Waals surface area contributed by atoms with Crippen molar-refractivity contribution < 1.29 is 14.7 Å². The second-order valence-corrected chi connectivity index (χ2v) is 6.39. The summed E-state index contributed by atoms with van der Waals surface area (Å²) in [5.74, 6) is -0.384. The van der Waals surface area contributed by atoms with Gasteiger partial charge in [-0.15, -0.1) is 0 Å². The summed E-state index contributed by atoms with van der Waals surface area (Å²) in [6, 6.07) is 10.2. The van der Waals surface area contributed by atoms with Crippen molar-refractivity contribution in [1.82, 2.24) is 9.80 Å². The van der Waals surface area contributed by atoms with E-state index in [2.05, 4.69) is 12.1 Å². The third kappa shape index (κ3) is 2.50. The molecule has 0 saturated carbocycles. The largest absolute Gasteiger partial charge is 0.480 e. The first-order valence-electron chi connectivity index (χ1n) is 7.79. The van der Waals surface area contributed by atoms with Crippen molar-refractivity contribution >= 4 is 11.9 Å². The van der Waals surface area contributed by atoms with Gasteiger partial charge in [0.1, 0.15) is 0 Å². The third-order valence-electron chi connectivity index (χ3n) is 5.35. The Morgan fingerprint density at radius 1 is 1.27 bits per heavy atom. The molecule has 2 saturated heterocycles. The van der Waals surface area contributed by atoms with Crippen molar-refractivity contribution in [3.8, 4) is 0 Å². The van der Waals surface area contributed by atoms with Crippen LogP contribution >= 0.6 is 0 Å². The Balaban J connectivity index is 1.83. The van der Waals surface area contributed by atoms with E-state index >= 15 is 0 Å². The molecule has 1 N–H and O–H groups in total. The fraction of sp³-hybridized carbons (Fsp3) is 0.529. The summed E-state index contributed by atoms with van der Waals surface area (Å²) in [6.07, 6.45) is 2.23. The number of carbonyl (C=O) groups excluding carboxylic acids is 1. The highest BCUT2D eigenvalue weighted by Gasteiger charge is 2.52. The summed E-state index contributed by atoms with van der Waals surface area (Å²) in [6.45, 7) is 1.55. The van der Waals surface area contributed by atoms with Gasteiger partial charge in [0.2, 0.25) is 5.91 Å². The number of carbonyl (C=O) groups is 2. The molecule has 0 aromatic heterocycles. The summed E-state index contributed by atoms with van der Waals surface area (Å²) in [5, 5.41) is 8.94. The number of carboxylic acid groups (broad SMARTS) is 1. The number of benzene rings is 1. The van der Waals surface area contributed by atoms with Crippen LogP contribution in [0.5, 0.6) is 0 Å². The molecule has 2 aliphatic heterocycles. The van der Waals surface area contributed by atoms with E-state index in [4.69, 9.17) is 5.11 Å². The zero-order valence-corrected chi connectivity index (χ0v) is 12.9. The van der Waals surface area contributed by atoms with Crippen LogP contribution in [0.3, 0.4) is 0 Å². The summed E-state index contributed by atoms with van der Waals surface area (Å²) in [4.78, 5) is 27.1. The standard InChI is InChI=1S/C17H22N2O3/c1-18-15(20)11-14(13-5-3-2-4-6-13)17(18)7-9-19(10-8-17)12-16(21)22/h2-6,14H,7-12H2,1H3,(H,21,22). The predicted octanol–water partition coefficient (Wildman–Crippen LogP) is 1.55. The predicted molar refractivity (Wildman–Crippen MR) is 82.6 cm³/mol. The molecule has 1 unspecified atom stereocenters. The molecule has 118 valence electrons. The first kappa shape index (κ1) is 15.0. The smallest absolute Gasteiger partial charge is 0.317 e. The lowest BCUT2D eigenvalue weighted by atomic mass is 9.74. The summed E-state index contributed by atoms with van der Waals surface area (Å²) >= 11 is 0. The third-order valence-corrected chi connectivity index (χ3v) is 5.35. The molecule has 1 atom stereocenters. The van der Waals surface area contributed by atoms with E-state index < -0.39 is 5.97 Å². The quantitative estimate of drug-likeness (QED) is 0.920. The highest BCUT2D eigenvalue weighted by atomic mass is 16.4. The van der Waals surface area contributed by atoms with Gasteiger partial charge in [-0.3, -0.25) is 14.5 Å². The van der Waals surface area contributed by atoms with Gasteiger partial charge in [0.25, 0.3) is 0 Å². The van der Waals surface area contributed by atoms with Gasteiger partial charge in [-0.2, -0.15) is 0 Å². The molecule has 1 spiro atoms. The van der Waals surface area contributed by atoms with Crippen molar-refractivity contribution in [2.75, 3.05) is 26.7 Å². The van der Waals surface area contributed by atoms with E-state index in [0.29, 0.717) is 6.42 Å². The monoisotopic (exact) mass is 302 g/mol. The van der Waals surface area contributed by atoms with Crippen LogP contribution in [-0.4, -0.2) is 59.0 Å². The maximum atomic E-state index is 12.3. The first-order chi connectivity index (χ1) is 10.5. The van der Waals surface area contributed by atoms with Crippen molar-refractivity contribution in [1.29, 1.82) is 0 Å². The van der Waals surface area contributed by atoms with E-state index in [1.54, 1.807) is 0 Å². The van der Waals surface area contributed by atoms with E-state index in [1.165, 1.54) is 5.56 Å². The normalized spacial score (nSPS) is 24.9. The van der Waals surface area contributed by atoms with Crippen molar-refractivity contribution in [3.05, 3.63) is 35.9 Å². The van der Waals surface area contributed by atoms with Crippen LogP contribution in [0.4, 0.5) is 0 Å². The molecule has 1 aromatic rings. The molecule has 2 aliphatic rings. The van der Waals surface area contributed by atoms with Gasteiger partial charge >= 0.3 is 5.97 Å². The average Bonchev–Trinajstić information content (AvgIpc) is 2.75. The lowest BCUT2D eigenvalue weighted by Crippen LogP contribution is -2.54. The Labute approximate surface area is 130 Å². The van der Waals surface area contributed by atoms with Crippen LogP contribution in [0.1, 0.15) is 30.7 Å². The number of hydrogen-bond donors (Lipinski definition) is 1. The lowest BCUT2D eigenvalue weighted by molar-refractivity contribution is -0.140. The van der Waals surface area contributed by atoms with Crippen molar-refractivity contribution in [2.45, 2.75) is 30.7 Å². The number of likely N-dealkylation sites (N-methyl/N-ethyl adjacent to an activating group) is 1. The molecule has 5 nitrogen and oxygen atoms in total. The highest BCUT2D eigenvalue weighted by Crippen LogP contribution is 2.47. The average molecular weight is 302 g/mol. The molecule has 2 heterocycles. The zero-order chi connectivity index (χ0) is 15.7.